The number of rotatable bonds is 7. The Hall–Kier alpha value is -4.55. The minimum absolute atomic E-state index is 0.0474. The lowest BCUT2D eigenvalue weighted by Crippen LogP contribution is -2.23. The fourth-order valence-electron chi connectivity index (χ4n) is 3.92. The van der Waals surface area contributed by atoms with Crippen LogP contribution in [0.5, 0.6) is 11.6 Å². The summed E-state index contributed by atoms with van der Waals surface area (Å²) in [6.45, 7) is -3.69. The summed E-state index contributed by atoms with van der Waals surface area (Å²) in [5.41, 5.74) is 1.22. The quantitative estimate of drug-likeness (QED) is 0.266. The van der Waals surface area contributed by atoms with Crippen LogP contribution in [-0.4, -0.2) is 43.9 Å². The van der Waals surface area contributed by atoms with Gasteiger partial charge in [-0.05, 0) is 42.0 Å². The molecule has 5 rings (SSSR count). The summed E-state index contributed by atoms with van der Waals surface area (Å²) >= 11 is 0. The van der Waals surface area contributed by atoms with Gasteiger partial charge in [-0.2, -0.15) is 36.8 Å². The van der Waals surface area contributed by atoms with Gasteiger partial charge in [0.2, 0.25) is 5.88 Å². The molecule has 0 unspecified atom stereocenters. The van der Waals surface area contributed by atoms with Crippen molar-refractivity contribution in [1.29, 1.82) is 0 Å². The zero-order valence-electron chi connectivity index (χ0n) is 19.6. The number of alkyl halides is 5. The van der Waals surface area contributed by atoms with Crippen LogP contribution in [0.4, 0.5) is 22.0 Å². The van der Waals surface area contributed by atoms with E-state index in [9.17, 15) is 26.7 Å². The number of benzene rings is 2. The first-order valence-corrected chi connectivity index (χ1v) is 11.2. The molecule has 0 fully saturated rings. The third-order valence-electron chi connectivity index (χ3n) is 5.55. The van der Waals surface area contributed by atoms with Crippen molar-refractivity contribution in [3.8, 4) is 28.4 Å². The van der Waals surface area contributed by atoms with Crippen LogP contribution < -0.4 is 15.0 Å². The maximum Gasteiger partial charge on any atom is 0.392 e. The summed E-state index contributed by atoms with van der Waals surface area (Å²) in [4.78, 5) is 18.0. The lowest BCUT2D eigenvalue weighted by Gasteiger charge is -2.13. The van der Waals surface area contributed by atoms with E-state index >= 15 is 0 Å². The first kappa shape index (κ1) is 25.1. The number of hydrogen-bond donors (Lipinski definition) is 0. The molecule has 196 valence electrons. The SMILES string of the molecule is Cn1cc2cc(-n3nc4ccc(OCCC(F)(F)F)nc4c(-c4ccc(OC(F)F)cc4)c3=O)ccc2n1. The summed E-state index contributed by atoms with van der Waals surface area (Å²) in [7, 11) is 1.76. The van der Waals surface area contributed by atoms with Crippen LogP contribution in [0.1, 0.15) is 6.42 Å². The van der Waals surface area contributed by atoms with Crippen molar-refractivity contribution in [3.05, 3.63) is 71.1 Å². The van der Waals surface area contributed by atoms with Crippen LogP contribution in [-0.2, 0) is 7.05 Å². The van der Waals surface area contributed by atoms with E-state index in [-0.39, 0.29) is 28.2 Å². The Bertz CT molecular complexity index is 1680. The Morgan fingerprint density at radius 1 is 0.974 bits per heavy atom. The first-order chi connectivity index (χ1) is 18.1. The molecule has 8 nitrogen and oxygen atoms in total. The second kappa shape index (κ2) is 9.72. The number of aromatic nitrogens is 5. The number of ether oxygens (including phenoxy) is 2. The molecule has 0 radical (unpaired) electrons. The number of nitrogens with zero attached hydrogens (tertiary/aromatic N) is 5. The van der Waals surface area contributed by atoms with Crippen molar-refractivity contribution in [3.63, 3.8) is 0 Å². The molecule has 2 aromatic carbocycles. The highest BCUT2D eigenvalue weighted by molar-refractivity contribution is 5.91. The fraction of sp³-hybridized carbons (Fsp3) is 0.200. The molecule has 0 atom stereocenters. The van der Waals surface area contributed by atoms with E-state index in [1.54, 1.807) is 36.1 Å². The molecule has 3 aromatic heterocycles. The van der Waals surface area contributed by atoms with Crippen LogP contribution in [0.25, 0.3) is 38.8 Å². The average Bonchev–Trinajstić information content (AvgIpc) is 3.22. The summed E-state index contributed by atoms with van der Waals surface area (Å²) in [5, 5.41) is 9.49. The molecular formula is C25H18F5N5O3. The van der Waals surface area contributed by atoms with Gasteiger partial charge in [-0.25, -0.2) is 4.98 Å². The number of fused-ring (bicyclic) bond motifs is 2. The van der Waals surface area contributed by atoms with Gasteiger partial charge in [-0.3, -0.25) is 9.48 Å². The summed E-state index contributed by atoms with van der Waals surface area (Å²) in [6.07, 6.45) is -3.81. The van der Waals surface area contributed by atoms with E-state index in [1.807, 2.05) is 0 Å². The molecule has 0 aliphatic carbocycles. The van der Waals surface area contributed by atoms with Gasteiger partial charge in [0.15, 0.2) is 0 Å². The minimum Gasteiger partial charge on any atom is -0.477 e. The third-order valence-corrected chi connectivity index (χ3v) is 5.55. The highest BCUT2D eigenvalue weighted by atomic mass is 19.4. The lowest BCUT2D eigenvalue weighted by molar-refractivity contribution is -0.139. The molecule has 0 amide bonds. The molecule has 3 heterocycles. The van der Waals surface area contributed by atoms with Gasteiger partial charge < -0.3 is 9.47 Å². The zero-order valence-corrected chi connectivity index (χ0v) is 19.6. The first-order valence-electron chi connectivity index (χ1n) is 11.2. The van der Waals surface area contributed by atoms with Crippen LogP contribution >= 0.6 is 0 Å². The smallest absolute Gasteiger partial charge is 0.392 e. The van der Waals surface area contributed by atoms with E-state index in [0.29, 0.717) is 16.8 Å². The predicted molar refractivity (Wildman–Crippen MR) is 128 cm³/mol. The van der Waals surface area contributed by atoms with Crippen molar-refractivity contribution in [2.24, 2.45) is 7.05 Å². The van der Waals surface area contributed by atoms with Crippen LogP contribution in [0.2, 0.25) is 0 Å². The second-order valence-electron chi connectivity index (χ2n) is 8.27. The number of hydrogen-bond acceptors (Lipinski definition) is 6. The molecule has 5 aromatic rings. The van der Waals surface area contributed by atoms with Crippen molar-refractivity contribution in [1.82, 2.24) is 24.5 Å². The molecular weight excluding hydrogens is 513 g/mol. The third kappa shape index (κ3) is 5.26. The van der Waals surface area contributed by atoms with Gasteiger partial charge in [-0.15, -0.1) is 0 Å². The highest BCUT2D eigenvalue weighted by Crippen LogP contribution is 2.28. The van der Waals surface area contributed by atoms with E-state index < -0.39 is 31.4 Å². The molecule has 0 N–H and O–H groups in total. The van der Waals surface area contributed by atoms with Crippen molar-refractivity contribution >= 4 is 21.9 Å². The molecule has 0 saturated carbocycles. The van der Waals surface area contributed by atoms with Gasteiger partial charge in [0.25, 0.3) is 5.56 Å². The van der Waals surface area contributed by atoms with Crippen LogP contribution in [0, 0.1) is 0 Å². The molecule has 0 aliphatic heterocycles. The maximum absolute atomic E-state index is 13.7. The minimum atomic E-state index is -4.41. The zero-order chi connectivity index (χ0) is 27.0. The van der Waals surface area contributed by atoms with Gasteiger partial charge in [0.1, 0.15) is 16.8 Å². The van der Waals surface area contributed by atoms with Crippen molar-refractivity contribution in [2.45, 2.75) is 19.2 Å². The summed E-state index contributed by atoms with van der Waals surface area (Å²) < 4.78 is 75.2. The molecule has 0 aliphatic rings. The lowest BCUT2D eigenvalue weighted by atomic mass is 10.1. The van der Waals surface area contributed by atoms with E-state index in [4.69, 9.17) is 4.74 Å². The van der Waals surface area contributed by atoms with E-state index in [0.717, 1.165) is 5.39 Å². The average molecular weight is 531 g/mol. The van der Waals surface area contributed by atoms with Crippen molar-refractivity contribution in [2.75, 3.05) is 6.61 Å². The Morgan fingerprint density at radius 3 is 2.42 bits per heavy atom. The number of aryl methyl sites for hydroxylation is 1. The van der Waals surface area contributed by atoms with Gasteiger partial charge in [0.05, 0.1) is 29.8 Å². The standard InChI is InChI=1S/C25H18F5N5O3/c1-34-13-15-12-16(4-7-18(15)32-34)35-23(36)21(14-2-5-17(6-3-14)38-24(26)27)22-19(33-35)8-9-20(31-22)37-11-10-25(28,29)30/h2-9,12-13,24H,10-11H2,1H3. The topological polar surface area (TPSA) is 84.1 Å². The van der Waals surface area contributed by atoms with Crippen LogP contribution in [0.3, 0.4) is 0 Å². The largest absolute Gasteiger partial charge is 0.477 e. The summed E-state index contributed by atoms with van der Waals surface area (Å²) in [6, 6.07) is 13.3. The number of pyridine rings is 1. The highest BCUT2D eigenvalue weighted by Gasteiger charge is 2.27. The molecule has 0 saturated heterocycles. The van der Waals surface area contributed by atoms with E-state index in [1.165, 1.54) is 41.1 Å². The van der Waals surface area contributed by atoms with E-state index in [2.05, 4.69) is 19.9 Å². The maximum atomic E-state index is 13.7. The van der Waals surface area contributed by atoms with Gasteiger partial charge >= 0.3 is 12.8 Å². The van der Waals surface area contributed by atoms with Crippen LogP contribution in [0.15, 0.2) is 65.6 Å². The normalized spacial score (nSPS) is 12.0. The molecule has 0 spiro atoms. The fourth-order valence-corrected chi connectivity index (χ4v) is 3.92. The summed E-state index contributed by atoms with van der Waals surface area (Å²) in [5.74, 6) is -0.245. The van der Waals surface area contributed by atoms with Gasteiger partial charge in [-0.1, -0.05) is 12.1 Å². The molecule has 0 bridgehead atoms. The molecule has 13 heteroatoms. The monoisotopic (exact) mass is 531 g/mol. The van der Waals surface area contributed by atoms with Gasteiger partial charge in [0, 0.05) is 24.7 Å². The second-order valence-corrected chi connectivity index (χ2v) is 8.27. The van der Waals surface area contributed by atoms with Crippen molar-refractivity contribution < 1.29 is 31.4 Å². The predicted octanol–water partition coefficient (Wildman–Crippen LogP) is 5.27. The Balaban J connectivity index is 1.65. The Morgan fingerprint density at radius 2 is 1.71 bits per heavy atom. The number of halogens is 5. The Kier molecular flexibility index (Phi) is 6.43. The molecule has 38 heavy (non-hydrogen) atoms. The Labute approximate surface area is 210 Å².